The molecule has 0 bridgehead atoms. The van der Waals surface area contributed by atoms with Crippen molar-refractivity contribution in [1.82, 2.24) is 4.98 Å². The van der Waals surface area contributed by atoms with E-state index in [0.29, 0.717) is 0 Å². The molecule has 168 valence electrons. The fourth-order valence-corrected chi connectivity index (χ4v) is 4.86. The van der Waals surface area contributed by atoms with Gasteiger partial charge in [-0.05, 0) is 80.4 Å². The molecule has 31 heavy (non-hydrogen) atoms. The smallest absolute Gasteiger partial charge is 0.0702 e. The van der Waals surface area contributed by atoms with Crippen LogP contribution in [0.5, 0.6) is 0 Å². The maximum atomic E-state index is 4.67. The standard InChI is InChI=1S/C30H43N/c1-3-5-7-11-25-14-16-26(17-15-25)12-8-9-13-27-18-21-29(22-19-27)30-23-20-28(24-31-30)10-6-4-2/h8,12,18-26H,3-7,9-11,13-17H2,1-2H3/b12-8+. The second kappa shape index (κ2) is 13.5. The summed E-state index contributed by atoms with van der Waals surface area (Å²) in [7, 11) is 0. The highest BCUT2D eigenvalue weighted by Gasteiger charge is 2.18. The third-order valence-corrected chi connectivity index (χ3v) is 7.01. The molecule has 3 rings (SSSR count). The van der Waals surface area contributed by atoms with Crippen molar-refractivity contribution in [3.63, 3.8) is 0 Å². The Morgan fingerprint density at radius 3 is 2.23 bits per heavy atom. The lowest BCUT2D eigenvalue weighted by Gasteiger charge is -2.26. The predicted octanol–water partition coefficient (Wildman–Crippen LogP) is 8.97. The molecule has 1 heterocycles. The van der Waals surface area contributed by atoms with Gasteiger partial charge in [-0.1, -0.05) is 88.4 Å². The number of hydrogen-bond acceptors (Lipinski definition) is 1. The van der Waals surface area contributed by atoms with E-state index in [1.54, 1.807) is 0 Å². The van der Waals surface area contributed by atoms with Crippen molar-refractivity contribution >= 4 is 0 Å². The minimum Gasteiger partial charge on any atom is -0.256 e. The van der Waals surface area contributed by atoms with E-state index < -0.39 is 0 Å². The Hall–Kier alpha value is -1.89. The van der Waals surface area contributed by atoms with Gasteiger partial charge in [-0.25, -0.2) is 0 Å². The highest BCUT2D eigenvalue weighted by atomic mass is 14.7. The van der Waals surface area contributed by atoms with Gasteiger partial charge in [0.15, 0.2) is 0 Å². The minimum absolute atomic E-state index is 0.830. The zero-order valence-corrected chi connectivity index (χ0v) is 20.0. The highest BCUT2D eigenvalue weighted by Crippen LogP contribution is 2.32. The summed E-state index contributed by atoms with van der Waals surface area (Å²) in [5, 5.41) is 0. The summed E-state index contributed by atoms with van der Waals surface area (Å²) in [5.74, 6) is 1.84. The molecular formula is C30H43N. The topological polar surface area (TPSA) is 12.9 Å². The number of hydrogen-bond donors (Lipinski definition) is 0. The van der Waals surface area contributed by atoms with Gasteiger partial charge >= 0.3 is 0 Å². The van der Waals surface area contributed by atoms with E-state index in [4.69, 9.17) is 0 Å². The third-order valence-electron chi connectivity index (χ3n) is 7.01. The molecule has 0 N–H and O–H groups in total. The lowest BCUT2D eigenvalue weighted by molar-refractivity contribution is 0.289. The second-order valence-electron chi connectivity index (χ2n) is 9.60. The first-order valence-electron chi connectivity index (χ1n) is 13.0. The normalized spacial score (nSPS) is 19.2. The van der Waals surface area contributed by atoms with Gasteiger partial charge in [-0.3, -0.25) is 4.98 Å². The Bertz CT molecular complexity index is 748. The van der Waals surface area contributed by atoms with Crippen molar-refractivity contribution in [3.05, 3.63) is 65.9 Å². The minimum atomic E-state index is 0.830. The highest BCUT2D eigenvalue weighted by molar-refractivity contribution is 5.59. The molecule has 1 aromatic heterocycles. The van der Waals surface area contributed by atoms with Crippen LogP contribution in [-0.4, -0.2) is 4.98 Å². The molecule has 1 nitrogen and oxygen atoms in total. The Morgan fingerprint density at radius 2 is 1.55 bits per heavy atom. The molecule has 1 fully saturated rings. The summed E-state index contributed by atoms with van der Waals surface area (Å²) < 4.78 is 0. The van der Waals surface area contributed by atoms with Gasteiger partial charge < -0.3 is 0 Å². The van der Waals surface area contributed by atoms with Crippen LogP contribution in [0.15, 0.2) is 54.7 Å². The quantitative estimate of drug-likeness (QED) is 0.248. The Balaban J connectivity index is 1.38. The number of rotatable bonds is 12. The molecule has 1 heteroatoms. The predicted molar refractivity (Wildman–Crippen MR) is 135 cm³/mol. The molecule has 1 aliphatic carbocycles. The van der Waals surface area contributed by atoms with Gasteiger partial charge in [0, 0.05) is 11.8 Å². The van der Waals surface area contributed by atoms with Crippen LogP contribution in [0.4, 0.5) is 0 Å². The van der Waals surface area contributed by atoms with Crippen molar-refractivity contribution in [3.8, 4) is 11.3 Å². The lowest BCUT2D eigenvalue weighted by Crippen LogP contribution is -2.13. The molecule has 0 atom stereocenters. The summed E-state index contributed by atoms with van der Waals surface area (Å²) in [5.41, 5.74) is 5.07. The summed E-state index contributed by atoms with van der Waals surface area (Å²) in [6.45, 7) is 4.54. The van der Waals surface area contributed by atoms with Crippen LogP contribution in [0, 0.1) is 11.8 Å². The van der Waals surface area contributed by atoms with Crippen molar-refractivity contribution in [1.29, 1.82) is 0 Å². The summed E-state index contributed by atoms with van der Waals surface area (Å²) in [6, 6.07) is 13.4. The van der Waals surface area contributed by atoms with Crippen LogP contribution in [-0.2, 0) is 12.8 Å². The van der Waals surface area contributed by atoms with Crippen LogP contribution >= 0.6 is 0 Å². The van der Waals surface area contributed by atoms with Gasteiger partial charge in [0.2, 0.25) is 0 Å². The Labute approximate surface area is 191 Å². The number of aryl methyl sites for hydroxylation is 2. The van der Waals surface area contributed by atoms with Crippen LogP contribution < -0.4 is 0 Å². The molecule has 0 amide bonds. The van der Waals surface area contributed by atoms with Crippen LogP contribution in [0.3, 0.4) is 0 Å². The van der Waals surface area contributed by atoms with E-state index in [2.05, 4.69) is 67.4 Å². The summed E-state index contributed by atoms with van der Waals surface area (Å²) in [4.78, 5) is 4.67. The van der Waals surface area contributed by atoms with E-state index in [1.165, 1.54) is 80.9 Å². The van der Waals surface area contributed by atoms with E-state index in [9.17, 15) is 0 Å². The first kappa shape index (κ1) is 23.8. The second-order valence-corrected chi connectivity index (χ2v) is 9.60. The van der Waals surface area contributed by atoms with Crippen molar-refractivity contribution in [2.45, 2.75) is 97.3 Å². The summed E-state index contributed by atoms with van der Waals surface area (Å²) in [6.07, 6.45) is 24.3. The van der Waals surface area contributed by atoms with Gasteiger partial charge in [-0.2, -0.15) is 0 Å². The number of aromatic nitrogens is 1. The summed E-state index contributed by atoms with van der Waals surface area (Å²) >= 11 is 0. The molecule has 0 saturated heterocycles. The Morgan fingerprint density at radius 1 is 0.806 bits per heavy atom. The van der Waals surface area contributed by atoms with E-state index >= 15 is 0 Å². The maximum absolute atomic E-state index is 4.67. The number of unbranched alkanes of at least 4 members (excludes halogenated alkanes) is 3. The van der Waals surface area contributed by atoms with Crippen molar-refractivity contribution < 1.29 is 0 Å². The van der Waals surface area contributed by atoms with Gasteiger partial charge in [0.05, 0.1) is 5.69 Å². The number of nitrogens with zero attached hydrogens (tertiary/aromatic N) is 1. The average Bonchev–Trinajstić information content (AvgIpc) is 2.82. The van der Waals surface area contributed by atoms with E-state index in [-0.39, 0.29) is 0 Å². The first-order chi connectivity index (χ1) is 15.3. The van der Waals surface area contributed by atoms with Crippen molar-refractivity contribution in [2.75, 3.05) is 0 Å². The molecule has 1 saturated carbocycles. The third kappa shape index (κ3) is 8.28. The fourth-order valence-electron chi connectivity index (χ4n) is 4.86. The molecule has 0 aliphatic heterocycles. The number of benzene rings is 1. The number of pyridine rings is 1. The molecule has 0 unspecified atom stereocenters. The van der Waals surface area contributed by atoms with Gasteiger partial charge in [0.25, 0.3) is 0 Å². The molecule has 1 aliphatic rings. The molecular weight excluding hydrogens is 374 g/mol. The van der Waals surface area contributed by atoms with Gasteiger partial charge in [0.1, 0.15) is 0 Å². The average molecular weight is 418 g/mol. The zero-order chi connectivity index (χ0) is 21.7. The Kier molecular flexibility index (Phi) is 10.4. The van der Waals surface area contributed by atoms with Crippen LogP contribution in [0.2, 0.25) is 0 Å². The maximum Gasteiger partial charge on any atom is 0.0702 e. The zero-order valence-electron chi connectivity index (χ0n) is 20.0. The first-order valence-corrected chi connectivity index (χ1v) is 13.0. The van der Waals surface area contributed by atoms with E-state index in [0.717, 1.165) is 36.8 Å². The largest absolute Gasteiger partial charge is 0.256 e. The molecule has 1 aromatic carbocycles. The molecule has 0 radical (unpaired) electrons. The fraction of sp³-hybridized carbons (Fsp3) is 0.567. The van der Waals surface area contributed by atoms with Crippen LogP contribution in [0.25, 0.3) is 11.3 Å². The lowest BCUT2D eigenvalue weighted by atomic mass is 9.79. The number of allylic oxidation sites excluding steroid dienone is 2. The monoisotopic (exact) mass is 417 g/mol. The SMILES string of the molecule is CCCCCC1CCC(/C=C/CCc2ccc(-c3ccc(CCCC)cn3)cc2)CC1. The van der Waals surface area contributed by atoms with Crippen molar-refractivity contribution in [2.24, 2.45) is 11.8 Å². The van der Waals surface area contributed by atoms with Gasteiger partial charge in [-0.15, -0.1) is 0 Å². The van der Waals surface area contributed by atoms with E-state index in [1.807, 2.05) is 6.20 Å². The van der Waals surface area contributed by atoms with Crippen LogP contribution in [0.1, 0.15) is 95.6 Å². The molecule has 2 aromatic rings. The molecule has 0 spiro atoms.